The van der Waals surface area contributed by atoms with Gasteiger partial charge in [0, 0.05) is 32.3 Å². The highest BCUT2D eigenvalue weighted by Gasteiger charge is 2.30. The van der Waals surface area contributed by atoms with E-state index in [-0.39, 0.29) is 5.97 Å². The molecule has 0 atom stereocenters. The van der Waals surface area contributed by atoms with Crippen LogP contribution in [0.25, 0.3) is 0 Å². The molecular formula is C13H15N2O3P. The van der Waals surface area contributed by atoms with Gasteiger partial charge in [-0.2, -0.15) is 5.10 Å². The second-order valence-corrected chi connectivity index (χ2v) is 4.76. The van der Waals surface area contributed by atoms with E-state index in [1.807, 2.05) is 26.2 Å². The van der Waals surface area contributed by atoms with Crippen molar-refractivity contribution in [2.45, 2.75) is 6.61 Å². The predicted octanol–water partition coefficient (Wildman–Crippen LogP) is 1.52. The lowest BCUT2D eigenvalue weighted by Crippen LogP contribution is -2.06. The Morgan fingerprint density at radius 3 is 2.79 bits per heavy atom. The summed E-state index contributed by atoms with van der Waals surface area (Å²) in [5, 5.41) is 5.81. The maximum atomic E-state index is 11.9. The number of hydrogen-bond acceptors (Lipinski definition) is 5. The number of rotatable bonds is 4. The van der Waals surface area contributed by atoms with Crippen LogP contribution in [-0.2, 0) is 16.1 Å². The normalized spacial score (nSPS) is 13.8. The first-order chi connectivity index (χ1) is 9.04. The van der Waals surface area contributed by atoms with E-state index in [1.165, 1.54) is 0 Å². The lowest BCUT2D eigenvalue weighted by atomic mass is 9.98. The van der Waals surface area contributed by atoms with Gasteiger partial charge in [0.2, 0.25) is 0 Å². The second kappa shape index (κ2) is 5.51. The number of carbonyl (C=O) groups is 1. The molecule has 6 heteroatoms. The van der Waals surface area contributed by atoms with Crippen LogP contribution in [0.4, 0.5) is 0 Å². The van der Waals surface area contributed by atoms with Gasteiger partial charge in [-0.05, 0) is 5.56 Å². The third-order valence-corrected chi connectivity index (χ3v) is 3.03. The van der Waals surface area contributed by atoms with Gasteiger partial charge in [0.25, 0.3) is 0 Å². The zero-order valence-electron chi connectivity index (χ0n) is 11.1. The van der Waals surface area contributed by atoms with Crippen LogP contribution in [0.2, 0.25) is 0 Å². The van der Waals surface area contributed by atoms with Gasteiger partial charge in [-0.1, -0.05) is 21.0 Å². The molecule has 5 nitrogen and oxygen atoms in total. The van der Waals surface area contributed by atoms with Crippen molar-refractivity contribution < 1.29 is 14.3 Å². The Hall–Kier alpha value is -1.71. The summed E-state index contributed by atoms with van der Waals surface area (Å²) in [5.41, 5.74) is 3.31. The van der Waals surface area contributed by atoms with Crippen LogP contribution in [-0.4, -0.2) is 43.9 Å². The maximum Gasteiger partial charge on any atom is 0.345 e. The molecule has 1 aliphatic heterocycles. The van der Waals surface area contributed by atoms with Crippen LogP contribution >= 0.6 is 8.86 Å². The molecule has 0 unspecified atom stereocenters. The number of methoxy groups -OCH3 is 1. The van der Waals surface area contributed by atoms with Gasteiger partial charge in [-0.15, -0.1) is 0 Å². The fourth-order valence-electron chi connectivity index (χ4n) is 1.90. The summed E-state index contributed by atoms with van der Waals surface area (Å²) in [6, 6.07) is 3.74. The van der Waals surface area contributed by atoms with Gasteiger partial charge in [0.15, 0.2) is 5.48 Å². The summed E-state index contributed by atoms with van der Waals surface area (Å²) in [4.78, 5) is 11.9. The molecule has 0 radical (unpaired) electrons. The Labute approximate surface area is 114 Å². The zero-order valence-corrected chi connectivity index (χ0v) is 12.1. The Kier molecular flexibility index (Phi) is 3.98. The van der Waals surface area contributed by atoms with Crippen molar-refractivity contribution in [3.05, 3.63) is 34.4 Å². The quantitative estimate of drug-likeness (QED) is 0.363. The number of fused-ring (bicyclic) bond motifs is 1. The van der Waals surface area contributed by atoms with Gasteiger partial charge in [-0.3, -0.25) is 0 Å². The second-order valence-electron chi connectivity index (χ2n) is 4.31. The molecule has 0 saturated carbocycles. The fourth-order valence-corrected chi connectivity index (χ4v) is 2.28. The van der Waals surface area contributed by atoms with Crippen LogP contribution in [0.15, 0.2) is 17.2 Å². The van der Waals surface area contributed by atoms with Crippen molar-refractivity contribution in [3.8, 4) is 0 Å². The lowest BCUT2D eigenvalue weighted by molar-refractivity contribution is 0.0741. The van der Waals surface area contributed by atoms with E-state index < -0.39 is 0 Å². The Morgan fingerprint density at radius 2 is 2.16 bits per heavy atom. The monoisotopic (exact) mass is 278 g/mol. The molecule has 2 rings (SSSR count). The van der Waals surface area contributed by atoms with Crippen LogP contribution in [0.3, 0.4) is 0 Å². The van der Waals surface area contributed by atoms with E-state index >= 15 is 0 Å². The number of cyclic esters (lactones) is 1. The fraction of sp³-hybridized carbons (Fsp3) is 0.308. The molecule has 1 aromatic carbocycles. The molecule has 1 aromatic rings. The maximum absolute atomic E-state index is 11.9. The molecule has 1 aliphatic rings. The van der Waals surface area contributed by atoms with Crippen LogP contribution in [0, 0.1) is 0 Å². The van der Waals surface area contributed by atoms with Gasteiger partial charge in [-0.25, -0.2) is 4.79 Å². The van der Waals surface area contributed by atoms with E-state index in [9.17, 15) is 4.79 Å². The highest BCUT2D eigenvalue weighted by molar-refractivity contribution is 7.21. The smallest absolute Gasteiger partial charge is 0.345 e. The summed E-state index contributed by atoms with van der Waals surface area (Å²) in [5.74, 6) is -0.377. The number of nitrogens with zero attached hydrogens (tertiary/aromatic N) is 2. The number of ether oxygens (including phenoxy) is 2. The minimum Gasteiger partial charge on any atom is -0.418 e. The van der Waals surface area contributed by atoms with Crippen molar-refractivity contribution >= 4 is 26.5 Å². The minimum absolute atomic E-state index is 0.377. The summed E-state index contributed by atoms with van der Waals surface area (Å²) in [6.45, 7) is 0.415. The average Bonchev–Trinajstić information content (AvgIpc) is 2.65. The highest BCUT2D eigenvalue weighted by atomic mass is 31.0. The number of carbonyl (C=O) groups excluding carboxylic acids is 1. The average molecular weight is 278 g/mol. The predicted molar refractivity (Wildman–Crippen MR) is 76.3 cm³/mol. The molecule has 0 fully saturated rings. The van der Waals surface area contributed by atoms with Crippen LogP contribution < -0.4 is 0 Å². The first-order valence-corrected chi connectivity index (χ1v) is 6.21. The van der Waals surface area contributed by atoms with Crippen LogP contribution in [0.5, 0.6) is 0 Å². The molecule has 0 bridgehead atoms. The number of hydrazone groups is 1. The third kappa shape index (κ3) is 2.67. The summed E-state index contributed by atoms with van der Waals surface area (Å²) >= 11 is 0. The van der Waals surface area contributed by atoms with E-state index in [2.05, 4.69) is 14.0 Å². The van der Waals surface area contributed by atoms with Gasteiger partial charge < -0.3 is 14.5 Å². The highest BCUT2D eigenvalue weighted by Crippen LogP contribution is 2.28. The third-order valence-electron chi connectivity index (χ3n) is 2.68. The number of esters is 1. The standard InChI is InChI=1S/C13H15N2O3P/c1-15(2)14-6-8-4-5-9(7-17-3)11-10(8)12(16)18-13(11)19/h4-6,19H,7H2,1-3H3/b14-6-. The number of benzene rings is 1. The van der Waals surface area contributed by atoms with E-state index in [1.54, 1.807) is 18.3 Å². The van der Waals surface area contributed by atoms with Crippen LogP contribution in [0.1, 0.15) is 27.0 Å². The Morgan fingerprint density at radius 1 is 1.42 bits per heavy atom. The molecule has 0 aliphatic carbocycles. The van der Waals surface area contributed by atoms with Crippen molar-refractivity contribution in [1.29, 1.82) is 0 Å². The van der Waals surface area contributed by atoms with E-state index in [0.717, 1.165) is 16.7 Å². The molecule has 1 heterocycles. The van der Waals surface area contributed by atoms with Crippen molar-refractivity contribution in [1.82, 2.24) is 5.01 Å². The minimum atomic E-state index is -0.377. The number of hydrogen-bond donors (Lipinski definition) is 0. The van der Waals surface area contributed by atoms with Gasteiger partial charge >= 0.3 is 5.97 Å². The Balaban J connectivity index is 2.55. The topological polar surface area (TPSA) is 51.1 Å². The van der Waals surface area contributed by atoms with Crippen molar-refractivity contribution in [3.63, 3.8) is 0 Å². The molecule has 100 valence electrons. The van der Waals surface area contributed by atoms with Crippen molar-refractivity contribution in [2.24, 2.45) is 5.10 Å². The lowest BCUT2D eigenvalue weighted by Gasteiger charge is -2.08. The SMILES string of the molecule is COCc1ccc(/C=N\N(C)C)c2c1C(=P)OC2=O. The molecular weight excluding hydrogens is 263 g/mol. The molecule has 0 spiro atoms. The van der Waals surface area contributed by atoms with E-state index in [4.69, 9.17) is 9.47 Å². The largest absolute Gasteiger partial charge is 0.418 e. The first-order valence-electron chi connectivity index (χ1n) is 5.71. The molecule has 0 N–H and O–H groups in total. The van der Waals surface area contributed by atoms with E-state index in [0.29, 0.717) is 17.6 Å². The van der Waals surface area contributed by atoms with Crippen molar-refractivity contribution in [2.75, 3.05) is 21.2 Å². The molecule has 0 aromatic heterocycles. The zero-order chi connectivity index (χ0) is 14.0. The first kappa shape index (κ1) is 13.7. The molecule has 19 heavy (non-hydrogen) atoms. The molecule has 0 amide bonds. The summed E-state index contributed by atoms with van der Waals surface area (Å²) in [6.07, 6.45) is 1.64. The van der Waals surface area contributed by atoms with Gasteiger partial charge in [0.1, 0.15) is 0 Å². The molecule has 0 saturated heterocycles. The summed E-state index contributed by atoms with van der Waals surface area (Å²) < 4.78 is 10.3. The summed E-state index contributed by atoms with van der Waals surface area (Å²) in [7, 11) is 8.57. The Bertz CT molecular complexity index is 567. The van der Waals surface area contributed by atoms with Gasteiger partial charge in [0.05, 0.1) is 18.4 Å².